The number of hydrogen-bond donors (Lipinski definition) is 1. The number of likely N-dealkylation sites (N-methyl/N-ethyl adjacent to an activating group) is 1. The standard InChI is InChI=1S/C17H25NO6/c1-18(13-9-23-10-15(21-2)17(13)22-3)8-12-6-4-5-7-14(12)24-11-16(19)20/h4-7,13,15,17H,8-11H2,1-3H3,(H,19,20)/t13-,15-,17+/m1/s1. The first kappa shape index (κ1) is 18.7. The van der Waals surface area contributed by atoms with E-state index in [1.165, 1.54) is 0 Å². The van der Waals surface area contributed by atoms with E-state index in [9.17, 15) is 4.79 Å². The van der Waals surface area contributed by atoms with Gasteiger partial charge in [0.25, 0.3) is 0 Å². The lowest BCUT2D eigenvalue weighted by atomic mass is 10.0. The number of nitrogens with zero attached hydrogens (tertiary/aromatic N) is 1. The third-order valence-electron chi connectivity index (χ3n) is 4.20. The Morgan fingerprint density at radius 1 is 1.29 bits per heavy atom. The van der Waals surface area contributed by atoms with Crippen molar-refractivity contribution in [2.75, 3.05) is 41.1 Å². The van der Waals surface area contributed by atoms with E-state index in [1.807, 2.05) is 25.2 Å². The molecule has 1 aliphatic heterocycles. The predicted octanol–water partition coefficient (Wildman–Crippen LogP) is 1.01. The summed E-state index contributed by atoms with van der Waals surface area (Å²) in [5.74, 6) is -0.429. The zero-order chi connectivity index (χ0) is 17.5. The zero-order valence-electron chi connectivity index (χ0n) is 14.3. The Morgan fingerprint density at radius 3 is 2.71 bits per heavy atom. The van der Waals surface area contributed by atoms with Gasteiger partial charge in [0.05, 0.1) is 19.3 Å². The van der Waals surface area contributed by atoms with Crippen LogP contribution in [0, 0.1) is 0 Å². The van der Waals surface area contributed by atoms with Gasteiger partial charge in [-0.05, 0) is 13.1 Å². The normalized spacial score (nSPS) is 24.1. The Morgan fingerprint density at radius 2 is 2.04 bits per heavy atom. The molecule has 1 N–H and O–H groups in total. The van der Waals surface area contributed by atoms with Crippen LogP contribution in [0.2, 0.25) is 0 Å². The van der Waals surface area contributed by atoms with Crippen LogP contribution in [0.4, 0.5) is 0 Å². The van der Waals surface area contributed by atoms with Gasteiger partial charge in [0.1, 0.15) is 18.0 Å². The first-order valence-corrected chi connectivity index (χ1v) is 7.83. The molecule has 3 atom stereocenters. The van der Waals surface area contributed by atoms with Crippen molar-refractivity contribution in [3.05, 3.63) is 29.8 Å². The molecular weight excluding hydrogens is 314 g/mol. The van der Waals surface area contributed by atoms with Crippen molar-refractivity contribution in [2.24, 2.45) is 0 Å². The minimum Gasteiger partial charge on any atom is -0.482 e. The van der Waals surface area contributed by atoms with Gasteiger partial charge in [-0.3, -0.25) is 4.90 Å². The van der Waals surface area contributed by atoms with Crippen LogP contribution in [0.5, 0.6) is 5.75 Å². The summed E-state index contributed by atoms with van der Waals surface area (Å²) in [7, 11) is 5.30. The molecule has 1 fully saturated rings. The largest absolute Gasteiger partial charge is 0.482 e. The fraction of sp³-hybridized carbons (Fsp3) is 0.588. The van der Waals surface area contributed by atoms with Crippen molar-refractivity contribution >= 4 is 5.97 Å². The Balaban J connectivity index is 2.08. The van der Waals surface area contributed by atoms with Crippen LogP contribution in [0.15, 0.2) is 24.3 Å². The maximum absolute atomic E-state index is 10.7. The van der Waals surface area contributed by atoms with Gasteiger partial charge in [0.2, 0.25) is 0 Å². The summed E-state index contributed by atoms with van der Waals surface area (Å²) in [6, 6.07) is 7.45. The minimum absolute atomic E-state index is 0.0289. The van der Waals surface area contributed by atoms with Crippen LogP contribution in [-0.2, 0) is 25.5 Å². The van der Waals surface area contributed by atoms with E-state index in [2.05, 4.69) is 4.90 Å². The summed E-state index contributed by atoms with van der Waals surface area (Å²) >= 11 is 0. The van der Waals surface area contributed by atoms with Crippen molar-refractivity contribution in [1.82, 2.24) is 4.90 Å². The number of hydrogen-bond acceptors (Lipinski definition) is 6. The third-order valence-corrected chi connectivity index (χ3v) is 4.20. The number of rotatable bonds is 8. The summed E-state index contributed by atoms with van der Waals surface area (Å²) in [5, 5.41) is 8.79. The molecule has 0 bridgehead atoms. The van der Waals surface area contributed by atoms with E-state index < -0.39 is 5.97 Å². The van der Waals surface area contributed by atoms with E-state index in [0.29, 0.717) is 25.5 Å². The molecule has 134 valence electrons. The van der Waals surface area contributed by atoms with Gasteiger partial charge in [-0.1, -0.05) is 18.2 Å². The lowest BCUT2D eigenvalue weighted by Crippen LogP contribution is -2.56. The summed E-state index contributed by atoms with van der Waals surface area (Å²) in [6.07, 6.45) is -0.212. The van der Waals surface area contributed by atoms with Gasteiger partial charge in [0, 0.05) is 26.3 Å². The van der Waals surface area contributed by atoms with Gasteiger partial charge in [-0.15, -0.1) is 0 Å². The quantitative estimate of drug-likeness (QED) is 0.757. The van der Waals surface area contributed by atoms with E-state index >= 15 is 0 Å². The van der Waals surface area contributed by atoms with Gasteiger partial charge < -0.3 is 24.1 Å². The Bertz CT molecular complexity index is 538. The van der Waals surface area contributed by atoms with Gasteiger partial charge in [-0.25, -0.2) is 4.79 Å². The smallest absolute Gasteiger partial charge is 0.341 e. The summed E-state index contributed by atoms with van der Waals surface area (Å²) in [6.45, 7) is 1.28. The van der Waals surface area contributed by atoms with E-state index in [4.69, 9.17) is 24.1 Å². The first-order valence-electron chi connectivity index (χ1n) is 7.83. The molecule has 2 rings (SSSR count). The van der Waals surface area contributed by atoms with Crippen LogP contribution in [0.25, 0.3) is 0 Å². The zero-order valence-corrected chi connectivity index (χ0v) is 14.3. The van der Waals surface area contributed by atoms with Crippen LogP contribution in [0.1, 0.15) is 5.56 Å². The second-order valence-electron chi connectivity index (χ2n) is 5.78. The average molecular weight is 339 g/mol. The molecule has 0 saturated carbocycles. The molecule has 0 amide bonds. The molecule has 1 aliphatic rings. The monoisotopic (exact) mass is 339 g/mol. The van der Waals surface area contributed by atoms with E-state index in [1.54, 1.807) is 20.3 Å². The topological polar surface area (TPSA) is 77.5 Å². The van der Waals surface area contributed by atoms with Crippen LogP contribution < -0.4 is 4.74 Å². The molecule has 24 heavy (non-hydrogen) atoms. The summed E-state index contributed by atoms with van der Waals surface area (Å²) in [5.41, 5.74) is 0.913. The van der Waals surface area contributed by atoms with Gasteiger partial charge in [-0.2, -0.15) is 0 Å². The van der Waals surface area contributed by atoms with Gasteiger partial charge in [0.15, 0.2) is 6.61 Å². The van der Waals surface area contributed by atoms with Crippen molar-refractivity contribution < 1.29 is 28.8 Å². The lowest BCUT2D eigenvalue weighted by Gasteiger charge is -2.40. The maximum atomic E-state index is 10.7. The molecule has 0 unspecified atom stereocenters. The average Bonchev–Trinajstić information content (AvgIpc) is 2.59. The highest BCUT2D eigenvalue weighted by molar-refractivity contribution is 5.68. The molecule has 1 saturated heterocycles. The number of aliphatic carboxylic acids is 1. The molecule has 7 nitrogen and oxygen atoms in total. The third kappa shape index (κ3) is 4.67. The number of benzene rings is 1. The van der Waals surface area contributed by atoms with Crippen molar-refractivity contribution in [3.63, 3.8) is 0 Å². The molecule has 1 aromatic carbocycles. The van der Waals surface area contributed by atoms with E-state index in [-0.39, 0.29) is 24.9 Å². The molecule has 0 aliphatic carbocycles. The highest BCUT2D eigenvalue weighted by Gasteiger charge is 2.36. The molecule has 0 radical (unpaired) electrons. The van der Waals surface area contributed by atoms with Crippen molar-refractivity contribution in [1.29, 1.82) is 0 Å². The Labute approximate surface area is 142 Å². The molecule has 7 heteroatoms. The highest BCUT2D eigenvalue weighted by Crippen LogP contribution is 2.24. The van der Waals surface area contributed by atoms with Crippen LogP contribution in [-0.4, -0.2) is 75.3 Å². The van der Waals surface area contributed by atoms with E-state index in [0.717, 1.165) is 5.56 Å². The predicted molar refractivity (Wildman–Crippen MR) is 87.2 cm³/mol. The highest BCUT2D eigenvalue weighted by atomic mass is 16.6. The summed E-state index contributed by atoms with van der Waals surface area (Å²) in [4.78, 5) is 12.8. The lowest BCUT2D eigenvalue weighted by molar-refractivity contribution is -0.153. The fourth-order valence-electron chi connectivity index (χ4n) is 2.93. The Hall–Kier alpha value is -1.67. The molecule has 0 aromatic heterocycles. The number of carboxylic acids is 1. The second kappa shape index (κ2) is 8.98. The number of para-hydroxylation sites is 1. The second-order valence-corrected chi connectivity index (χ2v) is 5.78. The molecule has 1 aromatic rings. The molecular formula is C17H25NO6. The molecule has 1 heterocycles. The van der Waals surface area contributed by atoms with Gasteiger partial charge >= 0.3 is 5.97 Å². The fourth-order valence-corrected chi connectivity index (χ4v) is 2.93. The SMILES string of the molecule is CO[C@H]1[C@H](N(C)Cc2ccccc2OCC(=O)O)COC[C@H]1OC. The summed E-state index contributed by atoms with van der Waals surface area (Å²) < 4.78 is 22.1. The number of methoxy groups -OCH3 is 2. The molecule has 0 spiro atoms. The minimum atomic E-state index is -0.999. The maximum Gasteiger partial charge on any atom is 0.341 e. The van der Waals surface area contributed by atoms with Crippen LogP contribution in [0.3, 0.4) is 0 Å². The van der Waals surface area contributed by atoms with Crippen LogP contribution >= 0.6 is 0 Å². The Kier molecular flexibility index (Phi) is 6.99. The number of ether oxygens (including phenoxy) is 4. The number of carboxylic acid groups (broad SMARTS) is 1. The van der Waals surface area contributed by atoms with Crippen molar-refractivity contribution in [2.45, 2.75) is 24.8 Å². The number of carbonyl (C=O) groups is 1. The first-order chi connectivity index (χ1) is 11.6. The van der Waals surface area contributed by atoms with Crippen molar-refractivity contribution in [3.8, 4) is 5.75 Å².